The number of hydrogen-bond donors (Lipinski definition) is 1. The summed E-state index contributed by atoms with van der Waals surface area (Å²) in [6, 6.07) is 0. The molecule has 3 nitrogen and oxygen atoms in total. The molecule has 0 spiro atoms. The number of halogens is 1. The van der Waals surface area contributed by atoms with Crippen molar-refractivity contribution in [2.75, 3.05) is 0 Å². The largest absolute Gasteiger partial charge is 0.459 e. The molecule has 13 heavy (non-hydrogen) atoms. The maximum atomic E-state index is 10.9. The molecular formula is C8H15IO3Si. The van der Waals surface area contributed by atoms with Crippen LogP contribution in [0.15, 0.2) is 0 Å². The van der Waals surface area contributed by atoms with Crippen LogP contribution >= 0.6 is 22.6 Å². The first kappa shape index (κ1) is 11.5. The molecule has 0 saturated carbocycles. The summed E-state index contributed by atoms with van der Waals surface area (Å²) >= 11 is 2.30. The Kier molecular flexibility index (Phi) is 3.40. The molecule has 1 fully saturated rings. The van der Waals surface area contributed by atoms with E-state index in [9.17, 15) is 9.90 Å². The van der Waals surface area contributed by atoms with Crippen molar-refractivity contribution in [3.63, 3.8) is 0 Å². The normalized spacial score (nSPS) is 31.6. The number of rotatable bonds is 2. The number of hydrogen-bond acceptors (Lipinski definition) is 3. The molecule has 0 aromatic carbocycles. The monoisotopic (exact) mass is 314 g/mol. The smallest absolute Gasteiger partial charge is 0.308 e. The molecule has 0 aromatic heterocycles. The Hall–Kier alpha value is 0.377. The molecule has 5 heteroatoms. The van der Waals surface area contributed by atoms with Gasteiger partial charge in [-0.05, 0) is 0 Å². The van der Waals surface area contributed by atoms with E-state index in [-0.39, 0.29) is 22.0 Å². The number of aliphatic hydroxyl groups excluding tert-OH is 1. The van der Waals surface area contributed by atoms with Crippen LogP contribution in [0.1, 0.15) is 6.42 Å². The van der Waals surface area contributed by atoms with Gasteiger partial charge in [-0.1, -0.05) is 42.2 Å². The Balaban J connectivity index is 2.67. The summed E-state index contributed by atoms with van der Waals surface area (Å²) in [6.07, 6.45) is -0.713. The third kappa shape index (κ3) is 2.66. The first-order valence-electron chi connectivity index (χ1n) is 4.34. The van der Waals surface area contributed by atoms with Crippen LogP contribution in [0.2, 0.25) is 19.6 Å². The van der Waals surface area contributed by atoms with Crippen LogP contribution in [0.5, 0.6) is 0 Å². The molecule has 0 bridgehead atoms. The topological polar surface area (TPSA) is 46.5 Å². The molecular weight excluding hydrogens is 299 g/mol. The standard InChI is InChI=1S/C8H15IO3Si/c1-13(2,3)8(9)7-5(10)4-6(11)12-7/h5,7-8,10H,4H2,1-3H3/t5-,7?,8?/m1/s1. The molecule has 2 unspecified atom stereocenters. The molecule has 76 valence electrons. The van der Waals surface area contributed by atoms with Gasteiger partial charge in [-0.2, -0.15) is 0 Å². The lowest BCUT2D eigenvalue weighted by Crippen LogP contribution is -2.46. The Labute approximate surface area is 93.0 Å². The van der Waals surface area contributed by atoms with E-state index in [1.54, 1.807) is 0 Å². The average molecular weight is 314 g/mol. The van der Waals surface area contributed by atoms with E-state index in [0.29, 0.717) is 0 Å². The third-order valence-electron chi connectivity index (χ3n) is 2.14. The summed E-state index contributed by atoms with van der Waals surface area (Å²) in [5.74, 6) is -0.266. The summed E-state index contributed by atoms with van der Waals surface area (Å²) in [5, 5.41) is 9.56. The average Bonchev–Trinajstić information content (AvgIpc) is 2.26. The van der Waals surface area contributed by atoms with Crippen LogP contribution in [-0.4, -0.2) is 34.9 Å². The van der Waals surface area contributed by atoms with Gasteiger partial charge in [-0.15, -0.1) is 0 Å². The fourth-order valence-corrected chi connectivity index (χ4v) is 3.21. The van der Waals surface area contributed by atoms with E-state index < -0.39 is 14.2 Å². The van der Waals surface area contributed by atoms with Crippen LogP contribution in [0.3, 0.4) is 0 Å². The molecule has 0 radical (unpaired) electrons. The summed E-state index contributed by atoms with van der Waals surface area (Å²) in [5.41, 5.74) is 0. The van der Waals surface area contributed by atoms with Crippen molar-refractivity contribution in [1.82, 2.24) is 0 Å². The third-order valence-corrected chi connectivity index (χ3v) is 10.4. The molecule has 1 rings (SSSR count). The highest BCUT2D eigenvalue weighted by Crippen LogP contribution is 2.29. The second-order valence-electron chi connectivity index (χ2n) is 4.49. The highest BCUT2D eigenvalue weighted by Gasteiger charge is 2.43. The quantitative estimate of drug-likeness (QED) is 0.362. The molecule has 1 N–H and O–H groups in total. The van der Waals surface area contributed by atoms with Crippen molar-refractivity contribution in [3.05, 3.63) is 0 Å². The number of ether oxygens (including phenoxy) is 1. The van der Waals surface area contributed by atoms with Crippen molar-refractivity contribution in [1.29, 1.82) is 0 Å². The van der Waals surface area contributed by atoms with Crippen LogP contribution < -0.4 is 0 Å². The van der Waals surface area contributed by atoms with E-state index in [0.717, 1.165) is 0 Å². The molecule has 0 aliphatic carbocycles. The summed E-state index contributed by atoms with van der Waals surface area (Å²) in [4.78, 5) is 10.9. The van der Waals surface area contributed by atoms with Gasteiger partial charge in [0.25, 0.3) is 0 Å². The van der Waals surface area contributed by atoms with E-state index >= 15 is 0 Å². The Morgan fingerprint density at radius 2 is 2.15 bits per heavy atom. The van der Waals surface area contributed by atoms with Gasteiger partial charge in [-0.25, -0.2) is 0 Å². The van der Waals surface area contributed by atoms with Crippen LogP contribution in [0, 0.1) is 0 Å². The van der Waals surface area contributed by atoms with Crippen molar-refractivity contribution >= 4 is 36.6 Å². The van der Waals surface area contributed by atoms with Crippen molar-refractivity contribution in [3.8, 4) is 0 Å². The maximum absolute atomic E-state index is 10.9. The van der Waals surface area contributed by atoms with Crippen molar-refractivity contribution < 1.29 is 14.6 Å². The van der Waals surface area contributed by atoms with Gasteiger partial charge in [0.1, 0.15) is 12.2 Å². The second-order valence-corrected chi connectivity index (χ2v) is 12.4. The predicted octanol–water partition coefficient (Wildman–Crippen LogP) is 1.34. The van der Waals surface area contributed by atoms with Gasteiger partial charge in [0.05, 0.1) is 14.5 Å². The van der Waals surface area contributed by atoms with Gasteiger partial charge in [0.15, 0.2) is 0 Å². The zero-order chi connectivity index (χ0) is 10.2. The first-order chi connectivity index (χ1) is 5.82. The van der Waals surface area contributed by atoms with Gasteiger partial charge >= 0.3 is 5.97 Å². The lowest BCUT2D eigenvalue weighted by atomic mass is 10.2. The van der Waals surface area contributed by atoms with Gasteiger partial charge in [0, 0.05) is 3.55 Å². The summed E-state index contributed by atoms with van der Waals surface area (Å²) < 4.78 is 5.38. The minimum Gasteiger partial charge on any atom is -0.459 e. The zero-order valence-electron chi connectivity index (χ0n) is 8.08. The molecule has 1 heterocycles. The lowest BCUT2D eigenvalue weighted by Gasteiger charge is -2.29. The second kappa shape index (κ2) is 3.86. The van der Waals surface area contributed by atoms with E-state index in [1.807, 2.05) is 0 Å². The van der Waals surface area contributed by atoms with Gasteiger partial charge in [-0.3, -0.25) is 4.79 Å². The Bertz CT molecular complexity index is 214. The van der Waals surface area contributed by atoms with Gasteiger partial charge < -0.3 is 9.84 Å². The summed E-state index contributed by atoms with van der Waals surface area (Å²) in [6.45, 7) is 6.63. The van der Waals surface area contributed by atoms with Gasteiger partial charge in [0.2, 0.25) is 0 Å². The number of cyclic esters (lactones) is 1. The predicted molar refractivity (Wildman–Crippen MR) is 61.7 cm³/mol. The van der Waals surface area contributed by atoms with E-state index in [1.165, 1.54) is 0 Å². The SMILES string of the molecule is C[Si](C)(C)C(I)C1OC(=O)C[C@H]1O. The number of carbonyl (C=O) groups is 1. The number of aliphatic hydroxyl groups is 1. The lowest BCUT2D eigenvalue weighted by molar-refractivity contribution is -0.141. The summed E-state index contributed by atoms with van der Waals surface area (Å²) in [7, 11) is -1.35. The highest BCUT2D eigenvalue weighted by molar-refractivity contribution is 14.1. The fraction of sp³-hybridized carbons (Fsp3) is 0.875. The van der Waals surface area contributed by atoms with Crippen molar-refractivity contribution in [2.45, 2.75) is 41.8 Å². The zero-order valence-corrected chi connectivity index (χ0v) is 11.2. The Morgan fingerprint density at radius 1 is 1.62 bits per heavy atom. The number of alkyl halides is 1. The minimum absolute atomic E-state index is 0.161. The Morgan fingerprint density at radius 3 is 2.46 bits per heavy atom. The maximum Gasteiger partial charge on any atom is 0.308 e. The number of esters is 1. The van der Waals surface area contributed by atoms with E-state index in [4.69, 9.17) is 4.74 Å². The van der Waals surface area contributed by atoms with Crippen LogP contribution in [0.4, 0.5) is 0 Å². The fourth-order valence-electron chi connectivity index (χ4n) is 1.31. The minimum atomic E-state index is -1.35. The molecule has 0 aromatic rings. The highest BCUT2D eigenvalue weighted by atomic mass is 127. The first-order valence-corrected chi connectivity index (χ1v) is 9.16. The van der Waals surface area contributed by atoms with Crippen LogP contribution in [-0.2, 0) is 9.53 Å². The van der Waals surface area contributed by atoms with Crippen molar-refractivity contribution in [2.24, 2.45) is 0 Å². The molecule has 0 amide bonds. The van der Waals surface area contributed by atoms with E-state index in [2.05, 4.69) is 42.2 Å². The molecule has 1 aliphatic heterocycles. The number of carbonyl (C=O) groups excluding carboxylic acids is 1. The van der Waals surface area contributed by atoms with Crippen LogP contribution in [0.25, 0.3) is 0 Å². The molecule has 1 saturated heterocycles. The molecule has 3 atom stereocenters. The molecule has 1 aliphatic rings.